The van der Waals surface area contributed by atoms with Gasteiger partial charge in [-0.15, -0.1) is 0 Å². The summed E-state index contributed by atoms with van der Waals surface area (Å²) in [4.78, 5) is 14.4. The number of aromatic nitrogens is 2. The highest BCUT2D eigenvalue weighted by Crippen LogP contribution is 2.19. The summed E-state index contributed by atoms with van der Waals surface area (Å²) in [5, 5.41) is 7.20. The smallest absolute Gasteiger partial charge is 0.320 e. The number of hydrogen-bond acceptors (Lipinski definition) is 2. The highest BCUT2D eigenvalue weighted by atomic mass is 16.2. The minimum absolute atomic E-state index is 0.0469. The van der Waals surface area contributed by atoms with Gasteiger partial charge in [-0.3, -0.25) is 4.68 Å². The van der Waals surface area contributed by atoms with E-state index >= 15 is 0 Å². The lowest BCUT2D eigenvalue weighted by molar-refractivity contribution is 0.206. The Kier molecular flexibility index (Phi) is 4.21. The van der Waals surface area contributed by atoms with Crippen molar-refractivity contribution in [3.8, 4) is 0 Å². The summed E-state index contributed by atoms with van der Waals surface area (Å²) in [6.07, 6.45) is 4.61. The fourth-order valence-corrected chi connectivity index (χ4v) is 3.15. The monoisotopic (exact) mass is 332 g/mol. The van der Waals surface area contributed by atoms with Crippen LogP contribution in [0.3, 0.4) is 0 Å². The predicted octanol–water partition coefficient (Wildman–Crippen LogP) is 3.52. The van der Waals surface area contributed by atoms with Crippen molar-refractivity contribution in [2.75, 3.05) is 11.9 Å². The van der Waals surface area contributed by atoms with Gasteiger partial charge in [0.05, 0.1) is 6.54 Å². The zero-order chi connectivity index (χ0) is 17.1. The van der Waals surface area contributed by atoms with Gasteiger partial charge in [0, 0.05) is 31.2 Å². The molecule has 0 fully saturated rings. The Hall–Kier alpha value is -3.08. The standard InChI is InChI=1S/C20H20N4O/c25-20(23-13-10-17-4-1-2-5-18(17)15-23)22-19-8-6-16(7-9-19)14-24-12-3-11-21-24/h1-9,11-12H,10,13-15H2,(H,22,25). The van der Waals surface area contributed by atoms with Gasteiger partial charge in [0.25, 0.3) is 0 Å². The number of carbonyl (C=O) groups is 1. The Balaban J connectivity index is 1.38. The van der Waals surface area contributed by atoms with Gasteiger partial charge in [-0.2, -0.15) is 5.10 Å². The number of fused-ring (bicyclic) bond motifs is 1. The topological polar surface area (TPSA) is 50.2 Å². The normalized spacial score (nSPS) is 13.4. The summed E-state index contributed by atoms with van der Waals surface area (Å²) in [7, 11) is 0. The number of rotatable bonds is 3. The third-order valence-electron chi connectivity index (χ3n) is 4.53. The Bertz CT molecular complexity index is 856. The van der Waals surface area contributed by atoms with Gasteiger partial charge < -0.3 is 10.2 Å². The number of carbonyl (C=O) groups excluding carboxylic acids is 1. The SMILES string of the molecule is O=C(Nc1ccc(Cn2cccn2)cc1)N1CCc2ccccc2C1. The lowest BCUT2D eigenvalue weighted by atomic mass is 10.0. The van der Waals surface area contributed by atoms with Gasteiger partial charge in [0.1, 0.15) is 0 Å². The van der Waals surface area contributed by atoms with Gasteiger partial charge in [-0.05, 0) is 41.3 Å². The van der Waals surface area contributed by atoms with E-state index in [2.05, 4.69) is 28.6 Å². The maximum Gasteiger partial charge on any atom is 0.322 e. The molecule has 2 aromatic carbocycles. The van der Waals surface area contributed by atoms with Crippen molar-refractivity contribution in [1.82, 2.24) is 14.7 Å². The molecule has 4 rings (SSSR count). The number of nitrogens with one attached hydrogen (secondary N) is 1. The van der Waals surface area contributed by atoms with Crippen molar-refractivity contribution in [2.24, 2.45) is 0 Å². The fourth-order valence-electron chi connectivity index (χ4n) is 3.15. The quantitative estimate of drug-likeness (QED) is 0.798. The lowest BCUT2D eigenvalue weighted by Gasteiger charge is -2.29. The van der Waals surface area contributed by atoms with E-state index in [9.17, 15) is 4.79 Å². The first kappa shape index (κ1) is 15.4. The molecule has 0 saturated heterocycles. The molecule has 126 valence electrons. The molecule has 1 N–H and O–H groups in total. The van der Waals surface area contributed by atoms with Crippen LogP contribution in [0.5, 0.6) is 0 Å². The Labute approximate surface area is 146 Å². The molecule has 5 nitrogen and oxygen atoms in total. The Morgan fingerprint density at radius 3 is 2.60 bits per heavy atom. The van der Waals surface area contributed by atoms with Crippen LogP contribution in [-0.4, -0.2) is 27.3 Å². The van der Waals surface area contributed by atoms with Crippen LogP contribution >= 0.6 is 0 Å². The molecule has 0 bridgehead atoms. The second-order valence-corrected chi connectivity index (χ2v) is 6.27. The van der Waals surface area contributed by atoms with Gasteiger partial charge >= 0.3 is 6.03 Å². The van der Waals surface area contributed by atoms with Crippen LogP contribution in [0.2, 0.25) is 0 Å². The zero-order valence-corrected chi connectivity index (χ0v) is 13.9. The second-order valence-electron chi connectivity index (χ2n) is 6.27. The van der Waals surface area contributed by atoms with Crippen molar-refractivity contribution in [3.63, 3.8) is 0 Å². The third-order valence-corrected chi connectivity index (χ3v) is 4.53. The summed E-state index contributed by atoms with van der Waals surface area (Å²) in [5.41, 5.74) is 4.54. The molecule has 25 heavy (non-hydrogen) atoms. The van der Waals surface area contributed by atoms with Crippen LogP contribution in [0.1, 0.15) is 16.7 Å². The summed E-state index contributed by atoms with van der Waals surface area (Å²) < 4.78 is 1.87. The minimum Gasteiger partial charge on any atom is -0.320 e. The van der Waals surface area contributed by atoms with Gasteiger partial charge in [-0.1, -0.05) is 36.4 Å². The maximum atomic E-state index is 12.5. The molecule has 1 aliphatic rings. The zero-order valence-electron chi connectivity index (χ0n) is 13.9. The van der Waals surface area contributed by atoms with Gasteiger partial charge in [-0.25, -0.2) is 4.79 Å². The first-order chi connectivity index (χ1) is 12.3. The van der Waals surface area contributed by atoms with Crippen LogP contribution in [0, 0.1) is 0 Å². The molecule has 0 saturated carbocycles. The molecule has 2 amide bonds. The van der Waals surface area contributed by atoms with E-state index in [1.54, 1.807) is 6.20 Å². The Morgan fingerprint density at radius 1 is 1.04 bits per heavy atom. The average molecular weight is 332 g/mol. The molecule has 0 aliphatic carbocycles. The van der Waals surface area contributed by atoms with Crippen molar-refractivity contribution >= 4 is 11.7 Å². The molecular formula is C20H20N4O. The van der Waals surface area contributed by atoms with E-state index in [1.807, 2.05) is 52.2 Å². The van der Waals surface area contributed by atoms with Gasteiger partial charge in [0.2, 0.25) is 0 Å². The van der Waals surface area contributed by atoms with E-state index in [0.717, 1.165) is 30.8 Å². The van der Waals surface area contributed by atoms with Crippen molar-refractivity contribution in [1.29, 1.82) is 0 Å². The Morgan fingerprint density at radius 2 is 1.84 bits per heavy atom. The van der Waals surface area contributed by atoms with E-state index in [-0.39, 0.29) is 6.03 Å². The summed E-state index contributed by atoms with van der Waals surface area (Å²) in [6, 6.07) is 18.1. The lowest BCUT2D eigenvalue weighted by Crippen LogP contribution is -2.38. The molecule has 1 aromatic heterocycles. The van der Waals surface area contributed by atoms with Gasteiger partial charge in [0.15, 0.2) is 0 Å². The summed E-state index contributed by atoms with van der Waals surface area (Å²) in [5.74, 6) is 0. The first-order valence-corrected chi connectivity index (χ1v) is 8.47. The highest BCUT2D eigenvalue weighted by molar-refractivity contribution is 5.89. The van der Waals surface area contributed by atoms with E-state index in [0.29, 0.717) is 6.54 Å². The molecule has 0 spiro atoms. The van der Waals surface area contributed by atoms with Crippen molar-refractivity contribution < 1.29 is 4.79 Å². The summed E-state index contributed by atoms with van der Waals surface area (Å²) >= 11 is 0. The largest absolute Gasteiger partial charge is 0.322 e. The number of benzene rings is 2. The van der Waals surface area contributed by atoms with E-state index in [1.165, 1.54) is 11.1 Å². The number of anilines is 1. The summed E-state index contributed by atoms with van der Waals surface area (Å²) in [6.45, 7) is 2.14. The molecule has 0 unspecified atom stereocenters. The number of nitrogens with zero attached hydrogens (tertiary/aromatic N) is 3. The van der Waals surface area contributed by atoms with Crippen LogP contribution in [-0.2, 0) is 19.5 Å². The van der Waals surface area contributed by atoms with Crippen LogP contribution in [0.25, 0.3) is 0 Å². The number of urea groups is 1. The average Bonchev–Trinajstić information content (AvgIpc) is 3.16. The molecule has 1 aliphatic heterocycles. The molecular weight excluding hydrogens is 312 g/mol. The number of amides is 2. The minimum atomic E-state index is -0.0469. The van der Waals surface area contributed by atoms with Crippen LogP contribution in [0.4, 0.5) is 10.5 Å². The molecule has 0 radical (unpaired) electrons. The molecule has 0 atom stereocenters. The molecule has 2 heterocycles. The van der Waals surface area contributed by atoms with Crippen molar-refractivity contribution in [3.05, 3.63) is 83.7 Å². The molecule has 3 aromatic rings. The fraction of sp³-hybridized carbons (Fsp3) is 0.200. The van der Waals surface area contributed by atoms with Crippen LogP contribution in [0.15, 0.2) is 67.0 Å². The van der Waals surface area contributed by atoms with Crippen LogP contribution < -0.4 is 5.32 Å². The number of hydrogen-bond donors (Lipinski definition) is 1. The molecule has 5 heteroatoms. The van der Waals surface area contributed by atoms with E-state index < -0.39 is 0 Å². The second kappa shape index (κ2) is 6.81. The maximum absolute atomic E-state index is 12.5. The first-order valence-electron chi connectivity index (χ1n) is 8.47. The third kappa shape index (κ3) is 3.55. The predicted molar refractivity (Wildman–Crippen MR) is 97.3 cm³/mol. The van der Waals surface area contributed by atoms with E-state index in [4.69, 9.17) is 0 Å². The highest BCUT2D eigenvalue weighted by Gasteiger charge is 2.20. The van der Waals surface area contributed by atoms with Crippen molar-refractivity contribution in [2.45, 2.75) is 19.5 Å².